The molecule has 1 aromatic carbocycles. The zero-order chi connectivity index (χ0) is 22.3. The predicted octanol–water partition coefficient (Wildman–Crippen LogP) is 5.10. The first-order valence-electron chi connectivity index (χ1n) is 10.7. The molecule has 0 radical (unpaired) electrons. The van der Waals surface area contributed by atoms with Gasteiger partial charge in [-0.15, -0.1) is 0 Å². The van der Waals surface area contributed by atoms with Crippen molar-refractivity contribution in [2.24, 2.45) is 17.8 Å². The van der Waals surface area contributed by atoms with Gasteiger partial charge in [0.1, 0.15) is 5.76 Å². The van der Waals surface area contributed by atoms with E-state index in [4.69, 9.17) is 18.3 Å². The lowest BCUT2D eigenvalue weighted by Crippen LogP contribution is -2.35. The lowest BCUT2D eigenvalue weighted by molar-refractivity contribution is -0.122. The first-order chi connectivity index (χ1) is 15.0. The molecule has 1 aromatic rings. The van der Waals surface area contributed by atoms with Crippen LogP contribution in [0.25, 0.3) is 0 Å². The summed E-state index contributed by atoms with van der Waals surface area (Å²) < 4.78 is 34.4. The summed E-state index contributed by atoms with van der Waals surface area (Å²) in [5.41, 5.74) is 0.481. The highest BCUT2D eigenvalue weighted by atomic mass is 31.2. The van der Waals surface area contributed by atoms with Crippen LogP contribution in [0.2, 0.25) is 0 Å². The van der Waals surface area contributed by atoms with E-state index in [1.807, 2.05) is 18.2 Å². The van der Waals surface area contributed by atoms with Crippen LogP contribution < -0.4 is 0 Å². The fourth-order valence-corrected chi connectivity index (χ4v) is 5.35. The molecule has 3 atom stereocenters. The lowest BCUT2D eigenvalue weighted by atomic mass is 9.68. The number of hydrogen-bond acceptors (Lipinski definition) is 7. The van der Waals surface area contributed by atoms with Crippen molar-refractivity contribution in [2.75, 3.05) is 19.8 Å². The number of benzene rings is 1. The number of carbonyl (C=O) groups excluding carboxylic acids is 2. The van der Waals surface area contributed by atoms with E-state index in [1.54, 1.807) is 44.2 Å². The summed E-state index contributed by atoms with van der Waals surface area (Å²) in [5, 5.41) is 0. The molecule has 2 aliphatic carbocycles. The summed E-state index contributed by atoms with van der Waals surface area (Å²) in [6.07, 6.45) is 6.97. The van der Waals surface area contributed by atoms with Crippen LogP contribution in [0.4, 0.5) is 0 Å². The number of ketones is 1. The third kappa shape index (κ3) is 6.16. The summed E-state index contributed by atoms with van der Waals surface area (Å²) in [7, 11) is -3.71. The topological polar surface area (TPSA) is 88.1 Å². The molecule has 2 aliphatic rings. The minimum atomic E-state index is -3.71. The van der Waals surface area contributed by atoms with Crippen LogP contribution in [0.1, 0.15) is 43.5 Å². The number of ether oxygens (including phenoxy) is 1. The smallest absolute Gasteiger partial charge is 0.462 e. The molecule has 168 valence electrons. The van der Waals surface area contributed by atoms with Gasteiger partial charge in [0.25, 0.3) is 0 Å². The van der Waals surface area contributed by atoms with Gasteiger partial charge in [0.15, 0.2) is 5.78 Å². The van der Waals surface area contributed by atoms with Crippen LogP contribution in [0.5, 0.6) is 0 Å². The maximum absolute atomic E-state index is 12.8. The highest BCUT2D eigenvalue weighted by Crippen LogP contribution is 2.54. The van der Waals surface area contributed by atoms with Crippen LogP contribution in [-0.2, 0) is 27.7 Å². The minimum Gasteiger partial charge on any atom is -0.462 e. The predicted molar refractivity (Wildman–Crippen MR) is 115 cm³/mol. The number of allylic oxidation sites excluding steroid dienone is 4. The number of esters is 1. The minimum absolute atomic E-state index is 0.0315. The maximum Gasteiger partial charge on any atom is 0.529 e. The normalized spacial score (nSPS) is 23.1. The quantitative estimate of drug-likeness (QED) is 0.364. The molecule has 0 saturated carbocycles. The SMILES string of the molecule is CCOP(=O)(OCC)OC1=CC(CCOC(=O)c2ccccc2)[C@H]2C(=O)C=CC[C@H]2C1. The molecular formula is C23H29O7P. The summed E-state index contributed by atoms with van der Waals surface area (Å²) in [5.74, 6) is -0.236. The Balaban J connectivity index is 1.71. The molecule has 0 aromatic heterocycles. The third-order valence-electron chi connectivity index (χ3n) is 5.38. The first-order valence-corrected chi connectivity index (χ1v) is 12.1. The Labute approximate surface area is 183 Å². The zero-order valence-electron chi connectivity index (χ0n) is 17.9. The number of rotatable bonds is 10. The first kappa shape index (κ1) is 23.5. The molecule has 8 heteroatoms. The zero-order valence-corrected chi connectivity index (χ0v) is 18.8. The van der Waals surface area contributed by atoms with Crippen molar-refractivity contribution in [3.05, 3.63) is 59.9 Å². The molecule has 7 nitrogen and oxygen atoms in total. The Morgan fingerprint density at radius 1 is 1.13 bits per heavy atom. The second-order valence-electron chi connectivity index (χ2n) is 7.49. The standard InChI is InChI=1S/C23H29O7P/c1-3-28-31(26,29-4-2)30-20-15-18-11-8-12-21(24)22(18)19(16-20)13-14-27-23(25)17-9-6-5-7-10-17/h5-10,12,16,18-19,22H,3-4,11,13-15H2,1-2H3/t18-,19?,22-/m0/s1. The summed E-state index contributed by atoms with van der Waals surface area (Å²) >= 11 is 0. The van der Waals surface area contributed by atoms with E-state index < -0.39 is 13.8 Å². The molecule has 0 saturated heterocycles. The number of phosphoric ester groups is 1. The average molecular weight is 448 g/mol. The number of phosphoric acid groups is 1. The van der Waals surface area contributed by atoms with Gasteiger partial charge in [-0.2, -0.15) is 0 Å². The molecule has 3 rings (SSSR count). The van der Waals surface area contributed by atoms with E-state index in [-0.39, 0.29) is 43.4 Å². The number of fused-ring (bicyclic) bond motifs is 1. The van der Waals surface area contributed by atoms with Gasteiger partial charge in [0, 0.05) is 12.3 Å². The Hall–Kier alpha value is -2.21. The van der Waals surface area contributed by atoms with Crippen LogP contribution >= 0.6 is 7.82 Å². The van der Waals surface area contributed by atoms with Gasteiger partial charge >= 0.3 is 13.8 Å². The van der Waals surface area contributed by atoms with Gasteiger partial charge in [-0.05, 0) is 62.8 Å². The van der Waals surface area contributed by atoms with E-state index in [0.29, 0.717) is 24.2 Å². The lowest BCUT2D eigenvalue weighted by Gasteiger charge is -2.37. The van der Waals surface area contributed by atoms with Crippen molar-refractivity contribution >= 4 is 19.6 Å². The molecule has 31 heavy (non-hydrogen) atoms. The Bertz CT molecular complexity index is 867. The van der Waals surface area contributed by atoms with E-state index in [0.717, 1.165) is 6.42 Å². The maximum atomic E-state index is 12.8. The summed E-state index contributed by atoms with van der Waals surface area (Å²) in [6, 6.07) is 8.77. The Morgan fingerprint density at radius 3 is 2.52 bits per heavy atom. The van der Waals surface area contributed by atoms with Gasteiger partial charge in [-0.1, -0.05) is 24.3 Å². The fraction of sp³-hybridized carbons (Fsp3) is 0.478. The fourth-order valence-electron chi connectivity index (χ4n) is 4.11. The van der Waals surface area contributed by atoms with Gasteiger partial charge in [-0.3, -0.25) is 13.8 Å². The Morgan fingerprint density at radius 2 is 1.84 bits per heavy atom. The molecular weight excluding hydrogens is 419 g/mol. The van der Waals surface area contributed by atoms with E-state index in [2.05, 4.69) is 0 Å². The van der Waals surface area contributed by atoms with Gasteiger partial charge in [-0.25, -0.2) is 9.36 Å². The second kappa shape index (κ2) is 10.9. The van der Waals surface area contributed by atoms with Crippen LogP contribution in [0.15, 0.2) is 54.3 Å². The molecule has 0 spiro atoms. The van der Waals surface area contributed by atoms with Crippen molar-refractivity contribution in [2.45, 2.75) is 33.1 Å². The molecule has 0 heterocycles. The largest absolute Gasteiger partial charge is 0.529 e. The summed E-state index contributed by atoms with van der Waals surface area (Å²) in [4.78, 5) is 24.8. The number of carbonyl (C=O) groups is 2. The highest BCUT2D eigenvalue weighted by molar-refractivity contribution is 7.48. The van der Waals surface area contributed by atoms with Crippen molar-refractivity contribution in [3.63, 3.8) is 0 Å². The van der Waals surface area contributed by atoms with Crippen molar-refractivity contribution in [3.8, 4) is 0 Å². The third-order valence-corrected chi connectivity index (χ3v) is 6.99. The number of hydrogen-bond donors (Lipinski definition) is 0. The van der Waals surface area contributed by atoms with Crippen LogP contribution in [0, 0.1) is 17.8 Å². The van der Waals surface area contributed by atoms with Gasteiger partial charge < -0.3 is 9.26 Å². The molecule has 0 fully saturated rings. The van der Waals surface area contributed by atoms with Crippen LogP contribution in [-0.4, -0.2) is 31.6 Å². The van der Waals surface area contributed by atoms with Gasteiger partial charge in [0.2, 0.25) is 0 Å². The van der Waals surface area contributed by atoms with Crippen molar-refractivity contribution < 1.29 is 32.5 Å². The molecule has 0 bridgehead atoms. The molecule has 1 unspecified atom stereocenters. The second-order valence-corrected chi connectivity index (χ2v) is 9.09. The molecule has 0 N–H and O–H groups in total. The molecule has 0 aliphatic heterocycles. The molecule has 0 amide bonds. The van der Waals surface area contributed by atoms with Crippen LogP contribution in [0.3, 0.4) is 0 Å². The van der Waals surface area contributed by atoms with Gasteiger partial charge in [0.05, 0.1) is 25.4 Å². The van der Waals surface area contributed by atoms with Crippen molar-refractivity contribution in [1.82, 2.24) is 0 Å². The average Bonchev–Trinajstić information content (AvgIpc) is 2.74. The van der Waals surface area contributed by atoms with E-state index in [1.165, 1.54) is 0 Å². The van der Waals surface area contributed by atoms with E-state index in [9.17, 15) is 14.2 Å². The summed E-state index contributed by atoms with van der Waals surface area (Å²) in [6.45, 7) is 3.98. The van der Waals surface area contributed by atoms with Crippen molar-refractivity contribution in [1.29, 1.82) is 0 Å². The monoisotopic (exact) mass is 448 g/mol. The highest BCUT2D eigenvalue weighted by Gasteiger charge is 2.41. The Kier molecular flexibility index (Phi) is 8.24. The van der Waals surface area contributed by atoms with E-state index >= 15 is 0 Å².